The van der Waals surface area contributed by atoms with E-state index in [1.807, 2.05) is 0 Å². The molecule has 0 saturated carbocycles. The number of nitrogens with zero attached hydrogens (tertiary/aromatic N) is 2. The van der Waals surface area contributed by atoms with Crippen molar-refractivity contribution in [2.75, 3.05) is 57.3 Å². The fraction of sp³-hybridized carbons (Fsp3) is 0.471. The molecule has 1 N–H and O–H groups in total. The Morgan fingerprint density at radius 1 is 0.963 bits per heavy atom. The van der Waals surface area contributed by atoms with Crippen LogP contribution in [0.3, 0.4) is 0 Å². The zero-order valence-corrected chi connectivity index (χ0v) is 15.5. The molecular weight excluding hydrogens is 374 g/mol. The predicted octanol–water partition coefficient (Wildman–Crippen LogP) is 0.894. The number of carbonyl (C=O) groups excluding carboxylic acids is 1. The lowest BCUT2D eigenvalue weighted by Gasteiger charge is -2.27. The Morgan fingerprint density at radius 2 is 1.59 bits per heavy atom. The van der Waals surface area contributed by atoms with E-state index in [9.17, 15) is 13.2 Å². The summed E-state index contributed by atoms with van der Waals surface area (Å²) in [7, 11) is -3.84. The summed E-state index contributed by atoms with van der Waals surface area (Å²) in [6.45, 7) is 2.97. The molecule has 9 nitrogen and oxygen atoms in total. The van der Waals surface area contributed by atoms with E-state index in [0.29, 0.717) is 50.5 Å². The van der Waals surface area contributed by atoms with Crippen molar-refractivity contribution in [3.63, 3.8) is 0 Å². The Labute approximate surface area is 157 Å². The first-order chi connectivity index (χ1) is 13.1. The monoisotopic (exact) mass is 395 g/mol. The summed E-state index contributed by atoms with van der Waals surface area (Å²) in [5.74, 6) is -0.357. The van der Waals surface area contributed by atoms with Gasteiger partial charge in [-0.2, -0.15) is 12.7 Å². The molecule has 0 spiro atoms. The van der Waals surface area contributed by atoms with E-state index in [-0.39, 0.29) is 30.4 Å². The van der Waals surface area contributed by atoms with Gasteiger partial charge in [-0.15, -0.1) is 0 Å². The van der Waals surface area contributed by atoms with Crippen molar-refractivity contribution in [2.24, 2.45) is 0 Å². The summed E-state index contributed by atoms with van der Waals surface area (Å²) in [5.41, 5.74) is 0.627. The number of hydrogen-bond acceptors (Lipinski definition) is 6. The Morgan fingerprint density at radius 3 is 2.30 bits per heavy atom. The van der Waals surface area contributed by atoms with Crippen molar-refractivity contribution in [3.8, 4) is 0 Å². The van der Waals surface area contributed by atoms with Gasteiger partial charge in [-0.05, 0) is 12.1 Å². The topological polar surface area (TPSA) is 101 Å². The molecule has 27 heavy (non-hydrogen) atoms. The first-order valence-corrected chi connectivity index (χ1v) is 10.2. The lowest BCUT2D eigenvalue weighted by atomic mass is 10.2. The third-order valence-corrected chi connectivity index (χ3v) is 6.14. The van der Waals surface area contributed by atoms with E-state index < -0.39 is 10.2 Å². The molecular formula is C17H21N3O6S. The number of anilines is 1. The van der Waals surface area contributed by atoms with Crippen LogP contribution in [-0.4, -0.2) is 76.1 Å². The second kappa shape index (κ2) is 7.47. The van der Waals surface area contributed by atoms with Gasteiger partial charge in [-0.1, -0.05) is 12.1 Å². The number of para-hydroxylation sites is 1. The molecule has 0 aliphatic carbocycles. The van der Waals surface area contributed by atoms with Crippen molar-refractivity contribution in [1.29, 1.82) is 0 Å². The summed E-state index contributed by atoms with van der Waals surface area (Å²) in [5, 5.41) is 0.547. The Hall–Kier alpha value is -2.14. The number of amides is 1. The van der Waals surface area contributed by atoms with Crippen LogP contribution in [0.4, 0.5) is 5.69 Å². The number of hydrogen-bond donors (Lipinski definition) is 1. The highest BCUT2D eigenvalue weighted by Crippen LogP contribution is 2.33. The molecule has 2 aromatic rings. The Kier molecular flexibility index (Phi) is 5.04. The van der Waals surface area contributed by atoms with Crippen LogP contribution in [-0.2, 0) is 19.7 Å². The van der Waals surface area contributed by atoms with Gasteiger partial charge in [0.15, 0.2) is 0 Å². The zero-order chi connectivity index (χ0) is 18.9. The molecule has 0 atom stereocenters. The summed E-state index contributed by atoms with van der Waals surface area (Å²) in [6, 6.07) is 6.98. The summed E-state index contributed by atoms with van der Waals surface area (Å²) < 4.78 is 45.8. The van der Waals surface area contributed by atoms with Crippen LogP contribution in [0.1, 0.15) is 10.6 Å². The number of nitrogens with one attached hydrogen (secondary N) is 1. The van der Waals surface area contributed by atoms with Gasteiger partial charge in [0.1, 0.15) is 11.3 Å². The maximum absolute atomic E-state index is 13.0. The number of fused-ring (bicyclic) bond motifs is 1. The molecule has 1 aromatic carbocycles. The van der Waals surface area contributed by atoms with Gasteiger partial charge in [0.2, 0.25) is 5.76 Å². The minimum absolute atomic E-state index is 0.00469. The van der Waals surface area contributed by atoms with Gasteiger partial charge >= 0.3 is 10.2 Å². The Balaban J connectivity index is 1.71. The third kappa shape index (κ3) is 3.65. The average Bonchev–Trinajstić information content (AvgIpc) is 3.07. The van der Waals surface area contributed by atoms with Gasteiger partial charge < -0.3 is 18.8 Å². The van der Waals surface area contributed by atoms with E-state index >= 15 is 0 Å². The van der Waals surface area contributed by atoms with E-state index in [0.717, 1.165) is 0 Å². The zero-order valence-electron chi connectivity index (χ0n) is 14.7. The van der Waals surface area contributed by atoms with Crippen molar-refractivity contribution in [1.82, 2.24) is 9.21 Å². The molecule has 2 saturated heterocycles. The molecule has 0 bridgehead atoms. The van der Waals surface area contributed by atoms with Gasteiger partial charge in [0.25, 0.3) is 5.91 Å². The van der Waals surface area contributed by atoms with E-state index in [4.69, 9.17) is 13.9 Å². The van der Waals surface area contributed by atoms with Crippen molar-refractivity contribution in [3.05, 3.63) is 30.0 Å². The summed E-state index contributed by atoms with van der Waals surface area (Å²) in [4.78, 5) is 14.6. The highest BCUT2D eigenvalue weighted by molar-refractivity contribution is 7.90. The summed E-state index contributed by atoms with van der Waals surface area (Å²) >= 11 is 0. The highest BCUT2D eigenvalue weighted by Gasteiger charge is 2.31. The standard InChI is InChI=1S/C17H21N3O6S/c21-17(19-5-9-24-10-6-19)16-15(13-3-1-2-4-14(13)26-16)18-27(22,23)20-7-11-25-12-8-20/h1-4,18H,5-12H2. The van der Waals surface area contributed by atoms with Crippen LogP contribution < -0.4 is 4.72 Å². The number of rotatable bonds is 4. The molecule has 3 heterocycles. The second-order valence-electron chi connectivity index (χ2n) is 6.33. The quantitative estimate of drug-likeness (QED) is 0.825. The molecule has 146 valence electrons. The first kappa shape index (κ1) is 18.2. The molecule has 1 aromatic heterocycles. The van der Waals surface area contributed by atoms with E-state index in [1.165, 1.54) is 4.31 Å². The molecule has 4 rings (SSSR count). The lowest BCUT2D eigenvalue weighted by molar-refractivity contribution is 0.0285. The van der Waals surface area contributed by atoms with Crippen LogP contribution >= 0.6 is 0 Å². The normalized spacial score (nSPS) is 19.3. The third-order valence-electron chi connectivity index (χ3n) is 4.63. The van der Waals surface area contributed by atoms with Crippen molar-refractivity contribution < 1.29 is 27.1 Å². The lowest BCUT2D eigenvalue weighted by Crippen LogP contribution is -2.44. The van der Waals surface area contributed by atoms with Crippen molar-refractivity contribution in [2.45, 2.75) is 0 Å². The number of furan rings is 1. The Bertz CT molecular complexity index is 929. The molecule has 1 amide bonds. The van der Waals surface area contributed by atoms with Gasteiger partial charge in [-0.25, -0.2) is 0 Å². The van der Waals surface area contributed by atoms with E-state index in [1.54, 1.807) is 29.2 Å². The van der Waals surface area contributed by atoms with Gasteiger partial charge in [-0.3, -0.25) is 9.52 Å². The number of benzene rings is 1. The molecule has 2 aliphatic heterocycles. The smallest absolute Gasteiger partial charge is 0.301 e. The fourth-order valence-electron chi connectivity index (χ4n) is 3.19. The van der Waals surface area contributed by atoms with Crippen LogP contribution in [0.2, 0.25) is 0 Å². The molecule has 10 heteroatoms. The number of carbonyl (C=O) groups is 1. The maximum atomic E-state index is 13.0. The second-order valence-corrected chi connectivity index (χ2v) is 8.00. The predicted molar refractivity (Wildman–Crippen MR) is 97.9 cm³/mol. The molecule has 0 radical (unpaired) electrons. The van der Waals surface area contributed by atoms with Gasteiger partial charge in [0.05, 0.1) is 26.4 Å². The number of morpholine rings is 2. The van der Waals surface area contributed by atoms with E-state index in [2.05, 4.69) is 4.72 Å². The van der Waals surface area contributed by atoms with Crippen LogP contribution in [0.15, 0.2) is 28.7 Å². The SMILES string of the molecule is O=C(c1oc2ccccc2c1NS(=O)(=O)N1CCOCC1)N1CCOCC1. The molecule has 2 fully saturated rings. The van der Waals surface area contributed by atoms with Gasteiger partial charge in [0, 0.05) is 31.6 Å². The van der Waals surface area contributed by atoms with Crippen LogP contribution in [0, 0.1) is 0 Å². The largest absolute Gasteiger partial charge is 0.449 e. The molecule has 0 unspecified atom stereocenters. The minimum Gasteiger partial charge on any atom is -0.449 e. The van der Waals surface area contributed by atoms with Crippen LogP contribution in [0.25, 0.3) is 11.0 Å². The summed E-state index contributed by atoms with van der Waals surface area (Å²) in [6.07, 6.45) is 0. The number of ether oxygens (including phenoxy) is 2. The average molecular weight is 395 g/mol. The maximum Gasteiger partial charge on any atom is 0.301 e. The molecule has 2 aliphatic rings. The van der Waals surface area contributed by atoms with Crippen molar-refractivity contribution >= 4 is 32.8 Å². The minimum atomic E-state index is -3.84. The van der Waals surface area contributed by atoms with Crippen LogP contribution in [0.5, 0.6) is 0 Å². The highest BCUT2D eigenvalue weighted by atomic mass is 32.2. The fourth-order valence-corrected chi connectivity index (χ4v) is 4.41. The first-order valence-electron chi connectivity index (χ1n) is 8.80.